The van der Waals surface area contributed by atoms with Crippen molar-refractivity contribution in [2.45, 2.75) is 6.54 Å². The number of anilines is 1. The molecular formula is C20H23N7O2. The summed E-state index contributed by atoms with van der Waals surface area (Å²) in [7, 11) is 1.66. The van der Waals surface area contributed by atoms with Crippen molar-refractivity contribution in [1.82, 2.24) is 29.4 Å². The van der Waals surface area contributed by atoms with Crippen molar-refractivity contribution in [3.8, 4) is 11.3 Å². The fourth-order valence-electron chi connectivity index (χ4n) is 3.37. The number of piperazine rings is 1. The molecule has 9 heteroatoms. The second-order valence-electron chi connectivity index (χ2n) is 7.00. The highest BCUT2D eigenvalue weighted by molar-refractivity contribution is 5.56. The normalized spacial score (nSPS) is 14.9. The lowest BCUT2D eigenvalue weighted by atomic mass is 10.2. The van der Waals surface area contributed by atoms with Gasteiger partial charge in [0.15, 0.2) is 0 Å². The predicted molar refractivity (Wildman–Crippen MR) is 110 cm³/mol. The van der Waals surface area contributed by atoms with E-state index in [2.05, 4.69) is 25.0 Å². The van der Waals surface area contributed by atoms with Gasteiger partial charge in [-0.15, -0.1) is 0 Å². The molecule has 0 spiro atoms. The van der Waals surface area contributed by atoms with E-state index < -0.39 is 0 Å². The molecular weight excluding hydrogens is 370 g/mol. The summed E-state index contributed by atoms with van der Waals surface area (Å²) >= 11 is 0. The SMILES string of the molecule is Cn1nc(N2CCN(CCn3nc(-c4cccnc4)ccc3=O)CC2)ccc1=O. The molecule has 0 radical (unpaired) electrons. The molecule has 1 aliphatic rings. The van der Waals surface area contributed by atoms with Crippen LogP contribution in [-0.2, 0) is 13.6 Å². The van der Waals surface area contributed by atoms with Gasteiger partial charge in [-0.1, -0.05) is 0 Å². The highest BCUT2D eigenvalue weighted by atomic mass is 16.1. The monoisotopic (exact) mass is 393 g/mol. The first-order valence-electron chi connectivity index (χ1n) is 9.60. The topological polar surface area (TPSA) is 89.2 Å². The van der Waals surface area contributed by atoms with Crippen LogP contribution in [0.15, 0.2) is 58.4 Å². The number of nitrogens with zero attached hydrogens (tertiary/aromatic N) is 7. The Bertz CT molecular complexity index is 1090. The Morgan fingerprint density at radius 3 is 2.41 bits per heavy atom. The maximum absolute atomic E-state index is 12.2. The molecule has 1 fully saturated rings. The summed E-state index contributed by atoms with van der Waals surface area (Å²) in [6.45, 7) is 4.65. The molecule has 0 atom stereocenters. The molecule has 0 N–H and O–H groups in total. The highest BCUT2D eigenvalue weighted by Gasteiger charge is 2.18. The van der Waals surface area contributed by atoms with E-state index in [1.54, 1.807) is 43.7 Å². The maximum Gasteiger partial charge on any atom is 0.266 e. The van der Waals surface area contributed by atoms with Gasteiger partial charge in [0.2, 0.25) is 0 Å². The van der Waals surface area contributed by atoms with Gasteiger partial charge >= 0.3 is 0 Å². The first-order valence-corrected chi connectivity index (χ1v) is 9.60. The zero-order chi connectivity index (χ0) is 20.2. The molecule has 0 bridgehead atoms. The molecule has 1 saturated heterocycles. The molecule has 1 aliphatic heterocycles. The van der Waals surface area contributed by atoms with Crippen LogP contribution in [0.4, 0.5) is 5.82 Å². The Hall–Kier alpha value is -3.33. The van der Waals surface area contributed by atoms with E-state index in [9.17, 15) is 9.59 Å². The molecule has 0 aliphatic carbocycles. The van der Waals surface area contributed by atoms with Gasteiger partial charge in [0.25, 0.3) is 11.1 Å². The Morgan fingerprint density at radius 2 is 1.69 bits per heavy atom. The number of aromatic nitrogens is 5. The predicted octanol–water partition coefficient (Wildman–Crippen LogP) is 0.221. The van der Waals surface area contributed by atoms with Gasteiger partial charge < -0.3 is 4.90 Å². The lowest BCUT2D eigenvalue weighted by Crippen LogP contribution is -2.48. The summed E-state index contributed by atoms with van der Waals surface area (Å²) < 4.78 is 2.87. The maximum atomic E-state index is 12.2. The molecule has 0 saturated carbocycles. The molecule has 4 heterocycles. The van der Waals surface area contributed by atoms with Crippen LogP contribution in [0.25, 0.3) is 11.3 Å². The van der Waals surface area contributed by atoms with Crippen molar-refractivity contribution < 1.29 is 0 Å². The number of pyridine rings is 1. The lowest BCUT2D eigenvalue weighted by molar-refractivity contribution is 0.242. The minimum Gasteiger partial charge on any atom is -0.353 e. The van der Waals surface area contributed by atoms with Crippen LogP contribution in [0.5, 0.6) is 0 Å². The fraction of sp³-hybridized carbons (Fsp3) is 0.350. The Morgan fingerprint density at radius 1 is 0.897 bits per heavy atom. The molecule has 3 aromatic rings. The summed E-state index contributed by atoms with van der Waals surface area (Å²) in [4.78, 5) is 32.3. The minimum atomic E-state index is -0.112. The van der Waals surface area contributed by atoms with Crippen molar-refractivity contribution in [1.29, 1.82) is 0 Å². The first kappa shape index (κ1) is 19.0. The Kier molecular flexibility index (Phi) is 5.48. The average molecular weight is 393 g/mol. The van der Waals surface area contributed by atoms with Crippen LogP contribution in [0.3, 0.4) is 0 Å². The van der Waals surface area contributed by atoms with Gasteiger partial charge in [0.05, 0.1) is 12.2 Å². The fourth-order valence-corrected chi connectivity index (χ4v) is 3.37. The van der Waals surface area contributed by atoms with Crippen LogP contribution in [0.2, 0.25) is 0 Å². The minimum absolute atomic E-state index is 0.106. The van der Waals surface area contributed by atoms with Gasteiger partial charge in [-0.3, -0.25) is 19.5 Å². The highest BCUT2D eigenvalue weighted by Crippen LogP contribution is 2.13. The van der Waals surface area contributed by atoms with E-state index in [4.69, 9.17) is 0 Å². The van der Waals surface area contributed by atoms with E-state index in [0.29, 0.717) is 6.54 Å². The second kappa shape index (κ2) is 8.36. The van der Waals surface area contributed by atoms with Gasteiger partial charge in [-0.2, -0.15) is 10.2 Å². The van der Waals surface area contributed by atoms with E-state index >= 15 is 0 Å². The van der Waals surface area contributed by atoms with E-state index in [1.165, 1.54) is 9.36 Å². The summed E-state index contributed by atoms with van der Waals surface area (Å²) in [6, 6.07) is 10.4. The molecule has 9 nitrogen and oxygen atoms in total. The van der Waals surface area contributed by atoms with Crippen LogP contribution in [0, 0.1) is 0 Å². The molecule has 4 rings (SSSR count). The zero-order valence-electron chi connectivity index (χ0n) is 16.3. The molecule has 0 unspecified atom stereocenters. The number of hydrogen-bond donors (Lipinski definition) is 0. The van der Waals surface area contributed by atoms with Crippen molar-refractivity contribution >= 4 is 5.82 Å². The second-order valence-corrected chi connectivity index (χ2v) is 7.00. The van der Waals surface area contributed by atoms with Gasteiger partial charge in [-0.05, 0) is 24.3 Å². The summed E-state index contributed by atoms with van der Waals surface area (Å²) in [5, 5.41) is 8.81. The van der Waals surface area contributed by atoms with Crippen molar-refractivity contribution in [3.63, 3.8) is 0 Å². The lowest BCUT2D eigenvalue weighted by Gasteiger charge is -2.35. The van der Waals surface area contributed by atoms with Gasteiger partial charge in [0.1, 0.15) is 5.82 Å². The third kappa shape index (κ3) is 4.40. The van der Waals surface area contributed by atoms with Crippen molar-refractivity contribution in [2.24, 2.45) is 7.05 Å². The first-order chi connectivity index (χ1) is 14.1. The Balaban J connectivity index is 1.36. The quantitative estimate of drug-likeness (QED) is 0.613. The van der Waals surface area contributed by atoms with E-state index in [1.807, 2.05) is 12.1 Å². The third-order valence-corrected chi connectivity index (χ3v) is 5.09. The van der Waals surface area contributed by atoms with E-state index in [-0.39, 0.29) is 11.1 Å². The zero-order valence-corrected chi connectivity index (χ0v) is 16.3. The third-order valence-electron chi connectivity index (χ3n) is 5.09. The van der Waals surface area contributed by atoms with Crippen LogP contribution in [0.1, 0.15) is 0 Å². The van der Waals surface area contributed by atoms with Crippen LogP contribution >= 0.6 is 0 Å². The molecule has 0 aromatic carbocycles. The number of aryl methyl sites for hydroxylation is 1. The smallest absolute Gasteiger partial charge is 0.266 e. The summed E-state index contributed by atoms with van der Waals surface area (Å²) in [5.41, 5.74) is 1.41. The summed E-state index contributed by atoms with van der Waals surface area (Å²) in [5.74, 6) is 0.814. The molecule has 150 valence electrons. The van der Waals surface area contributed by atoms with Crippen molar-refractivity contribution in [3.05, 3.63) is 69.5 Å². The standard InChI is InChI=1S/C20H23N7O2/c1-24-19(28)7-5-18(23-24)26-12-9-25(10-13-26)11-14-27-20(29)6-4-17(22-27)16-3-2-8-21-15-16/h2-8,15H,9-14H2,1H3. The van der Waals surface area contributed by atoms with Crippen molar-refractivity contribution in [2.75, 3.05) is 37.6 Å². The van der Waals surface area contributed by atoms with Gasteiger partial charge in [-0.25, -0.2) is 9.36 Å². The molecule has 29 heavy (non-hydrogen) atoms. The van der Waals surface area contributed by atoms with E-state index in [0.717, 1.165) is 49.8 Å². The molecule has 0 amide bonds. The van der Waals surface area contributed by atoms with Crippen LogP contribution in [-0.4, -0.2) is 62.2 Å². The average Bonchev–Trinajstić information content (AvgIpc) is 2.76. The van der Waals surface area contributed by atoms with Crippen LogP contribution < -0.4 is 16.0 Å². The number of hydrogen-bond acceptors (Lipinski definition) is 7. The molecule has 3 aromatic heterocycles. The Labute approximate surface area is 167 Å². The number of rotatable bonds is 5. The largest absolute Gasteiger partial charge is 0.353 e. The summed E-state index contributed by atoms with van der Waals surface area (Å²) in [6.07, 6.45) is 3.45. The van der Waals surface area contributed by atoms with Gasteiger partial charge in [0, 0.05) is 69.9 Å².